The Labute approximate surface area is 114 Å². The van der Waals surface area contributed by atoms with Gasteiger partial charge in [-0.2, -0.15) is 0 Å². The monoisotopic (exact) mass is 268 g/mol. The van der Waals surface area contributed by atoms with Crippen LogP contribution in [0.4, 0.5) is 0 Å². The third-order valence-corrected chi connectivity index (χ3v) is 4.15. The normalized spacial score (nSPS) is 23.2. The fourth-order valence-electron chi connectivity index (χ4n) is 2.93. The summed E-state index contributed by atoms with van der Waals surface area (Å²) in [5, 5.41) is 13.2. The van der Waals surface area contributed by atoms with E-state index in [0.717, 1.165) is 32.1 Å². The van der Waals surface area contributed by atoms with Gasteiger partial charge in [0.05, 0.1) is 12.1 Å². The number of nitrogens with zero attached hydrogens (tertiary/aromatic N) is 1. The van der Waals surface area contributed by atoms with Crippen LogP contribution in [-0.4, -0.2) is 47.1 Å². The minimum atomic E-state index is -0.749. The fourth-order valence-corrected chi connectivity index (χ4v) is 2.93. The summed E-state index contributed by atoms with van der Waals surface area (Å²) in [5.41, 5.74) is -0.749. The van der Waals surface area contributed by atoms with Crippen molar-refractivity contribution < 1.29 is 14.7 Å². The standard InChI is InChI=1S/C14H24N2O3/c17-12(10-16-9-5-6-13(16)18)15-11-14(19)7-3-1-2-4-8-14/h19H,1-11H2,(H,15,17). The number of aliphatic hydroxyl groups is 1. The second kappa shape index (κ2) is 6.37. The molecule has 2 N–H and O–H groups in total. The van der Waals surface area contributed by atoms with E-state index in [-0.39, 0.29) is 18.4 Å². The second-order valence-corrected chi connectivity index (χ2v) is 5.83. The van der Waals surface area contributed by atoms with Crippen molar-refractivity contribution in [1.82, 2.24) is 10.2 Å². The highest BCUT2D eigenvalue weighted by Gasteiger charge is 2.29. The molecule has 0 aromatic heterocycles. The second-order valence-electron chi connectivity index (χ2n) is 5.83. The van der Waals surface area contributed by atoms with Crippen LogP contribution >= 0.6 is 0 Å². The topological polar surface area (TPSA) is 69.6 Å². The molecule has 2 rings (SSSR count). The van der Waals surface area contributed by atoms with Crippen LogP contribution in [-0.2, 0) is 9.59 Å². The molecule has 0 radical (unpaired) electrons. The summed E-state index contributed by atoms with van der Waals surface area (Å²) in [7, 11) is 0. The first-order chi connectivity index (χ1) is 9.09. The van der Waals surface area contributed by atoms with Crippen LogP contribution in [0.25, 0.3) is 0 Å². The Bertz CT molecular complexity index is 336. The lowest BCUT2D eigenvalue weighted by molar-refractivity contribution is -0.133. The largest absolute Gasteiger partial charge is 0.388 e. The van der Waals surface area contributed by atoms with Crippen LogP contribution < -0.4 is 5.32 Å². The van der Waals surface area contributed by atoms with Crippen LogP contribution in [0.1, 0.15) is 51.4 Å². The molecule has 108 valence electrons. The van der Waals surface area contributed by atoms with E-state index in [4.69, 9.17) is 0 Å². The van der Waals surface area contributed by atoms with Crippen LogP contribution in [0.15, 0.2) is 0 Å². The van der Waals surface area contributed by atoms with Crippen LogP contribution in [0.3, 0.4) is 0 Å². The van der Waals surface area contributed by atoms with Gasteiger partial charge >= 0.3 is 0 Å². The number of hydrogen-bond donors (Lipinski definition) is 2. The molecular weight excluding hydrogens is 244 g/mol. The minimum absolute atomic E-state index is 0.0586. The molecule has 5 heteroatoms. The molecule has 0 spiro atoms. The lowest BCUT2D eigenvalue weighted by Crippen LogP contribution is -2.46. The Balaban J connectivity index is 1.74. The molecule has 1 saturated carbocycles. The maximum Gasteiger partial charge on any atom is 0.239 e. The Morgan fingerprint density at radius 2 is 1.89 bits per heavy atom. The van der Waals surface area contributed by atoms with Gasteiger partial charge in [0, 0.05) is 19.5 Å². The quantitative estimate of drug-likeness (QED) is 0.741. The summed E-state index contributed by atoms with van der Waals surface area (Å²) in [6.07, 6.45) is 7.30. The maximum atomic E-state index is 11.8. The lowest BCUT2D eigenvalue weighted by Gasteiger charge is -2.27. The third-order valence-electron chi connectivity index (χ3n) is 4.15. The van der Waals surface area contributed by atoms with Gasteiger partial charge in [-0.05, 0) is 19.3 Å². The van der Waals surface area contributed by atoms with Gasteiger partial charge in [0.25, 0.3) is 0 Å². The molecule has 1 aliphatic heterocycles. The van der Waals surface area contributed by atoms with E-state index in [1.807, 2.05) is 0 Å². The van der Waals surface area contributed by atoms with Gasteiger partial charge in [-0.25, -0.2) is 0 Å². The van der Waals surface area contributed by atoms with Crippen molar-refractivity contribution in [2.75, 3.05) is 19.6 Å². The highest BCUT2D eigenvalue weighted by atomic mass is 16.3. The molecule has 19 heavy (non-hydrogen) atoms. The van der Waals surface area contributed by atoms with Crippen LogP contribution in [0.5, 0.6) is 0 Å². The predicted molar refractivity (Wildman–Crippen MR) is 71.5 cm³/mol. The Morgan fingerprint density at radius 1 is 1.21 bits per heavy atom. The van der Waals surface area contributed by atoms with Crippen LogP contribution in [0, 0.1) is 0 Å². The number of likely N-dealkylation sites (tertiary alicyclic amines) is 1. The SMILES string of the molecule is O=C(CN1CCCC1=O)NCC1(O)CCCCCC1. The molecule has 0 unspecified atom stereocenters. The summed E-state index contributed by atoms with van der Waals surface area (Å²) in [4.78, 5) is 24.8. The summed E-state index contributed by atoms with van der Waals surface area (Å²) >= 11 is 0. The van der Waals surface area contributed by atoms with Gasteiger partial charge < -0.3 is 15.3 Å². The summed E-state index contributed by atoms with van der Waals surface area (Å²) < 4.78 is 0. The average molecular weight is 268 g/mol. The summed E-state index contributed by atoms with van der Waals surface area (Å²) in [5.74, 6) is -0.101. The lowest BCUT2D eigenvalue weighted by atomic mass is 9.94. The third kappa shape index (κ3) is 4.20. The van der Waals surface area contributed by atoms with Crippen molar-refractivity contribution in [1.29, 1.82) is 0 Å². The zero-order valence-electron chi connectivity index (χ0n) is 11.5. The maximum absolute atomic E-state index is 11.8. The Morgan fingerprint density at radius 3 is 2.47 bits per heavy atom. The minimum Gasteiger partial charge on any atom is -0.388 e. The first kappa shape index (κ1) is 14.3. The van der Waals surface area contributed by atoms with Crippen molar-refractivity contribution in [2.24, 2.45) is 0 Å². The number of hydrogen-bond acceptors (Lipinski definition) is 3. The molecule has 0 aromatic rings. The van der Waals surface area contributed by atoms with Gasteiger partial charge in [0.15, 0.2) is 0 Å². The smallest absolute Gasteiger partial charge is 0.239 e. The van der Waals surface area contributed by atoms with Crippen molar-refractivity contribution in [2.45, 2.75) is 57.0 Å². The van der Waals surface area contributed by atoms with E-state index in [0.29, 0.717) is 19.5 Å². The van der Waals surface area contributed by atoms with Crippen molar-refractivity contribution >= 4 is 11.8 Å². The molecule has 0 aromatic carbocycles. The zero-order chi connectivity index (χ0) is 13.7. The number of rotatable bonds is 4. The van der Waals surface area contributed by atoms with Gasteiger partial charge in [0.2, 0.25) is 11.8 Å². The van der Waals surface area contributed by atoms with Gasteiger partial charge in [-0.15, -0.1) is 0 Å². The Kier molecular flexibility index (Phi) is 4.80. The van der Waals surface area contributed by atoms with Gasteiger partial charge in [-0.3, -0.25) is 9.59 Å². The van der Waals surface area contributed by atoms with Gasteiger partial charge in [0.1, 0.15) is 0 Å². The van der Waals surface area contributed by atoms with E-state index in [1.165, 1.54) is 12.8 Å². The number of carbonyl (C=O) groups is 2. The van der Waals surface area contributed by atoms with Crippen molar-refractivity contribution in [3.05, 3.63) is 0 Å². The molecule has 0 atom stereocenters. The molecule has 1 aliphatic carbocycles. The highest BCUT2D eigenvalue weighted by Crippen LogP contribution is 2.26. The van der Waals surface area contributed by atoms with Crippen molar-refractivity contribution in [3.63, 3.8) is 0 Å². The first-order valence-corrected chi connectivity index (χ1v) is 7.36. The molecular formula is C14H24N2O3. The molecule has 1 saturated heterocycles. The molecule has 5 nitrogen and oxygen atoms in total. The molecule has 1 heterocycles. The van der Waals surface area contributed by atoms with E-state index in [9.17, 15) is 14.7 Å². The number of amides is 2. The van der Waals surface area contributed by atoms with E-state index >= 15 is 0 Å². The van der Waals surface area contributed by atoms with E-state index < -0.39 is 5.60 Å². The predicted octanol–water partition coefficient (Wildman–Crippen LogP) is 0.810. The summed E-state index contributed by atoms with van der Waals surface area (Å²) in [6.45, 7) is 1.12. The number of nitrogens with one attached hydrogen (secondary N) is 1. The first-order valence-electron chi connectivity index (χ1n) is 7.36. The van der Waals surface area contributed by atoms with E-state index in [1.54, 1.807) is 4.90 Å². The van der Waals surface area contributed by atoms with Gasteiger partial charge in [-0.1, -0.05) is 25.7 Å². The van der Waals surface area contributed by atoms with Crippen LogP contribution in [0.2, 0.25) is 0 Å². The molecule has 2 aliphatic rings. The number of carbonyl (C=O) groups excluding carboxylic acids is 2. The molecule has 2 amide bonds. The zero-order valence-corrected chi connectivity index (χ0v) is 11.5. The summed E-state index contributed by atoms with van der Waals surface area (Å²) in [6, 6.07) is 0. The van der Waals surface area contributed by atoms with E-state index in [2.05, 4.69) is 5.32 Å². The average Bonchev–Trinajstić information content (AvgIpc) is 2.64. The fraction of sp³-hybridized carbons (Fsp3) is 0.857. The molecule has 2 fully saturated rings. The molecule has 0 bridgehead atoms. The van der Waals surface area contributed by atoms with Crippen molar-refractivity contribution in [3.8, 4) is 0 Å². The Hall–Kier alpha value is -1.10. The highest BCUT2D eigenvalue weighted by molar-refractivity contribution is 5.85.